The smallest absolute Gasteiger partial charge is 0.413 e. The van der Waals surface area contributed by atoms with E-state index in [0.29, 0.717) is 13.2 Å². The predicted octanol–water partition coefficient (Wildman–Crippen LogP) is 1.42. The van der Waals surface area contributed by atoms with Gasteiger partial charge in [0.2, 0.25) is 0 Å². The zero-order chi connectivity index (χ0) is 15.1. The van der Waals surface area contributed by atoms with E-state index in [0.717, 1.165) is 0 Å². The third-order valence-electron chi connectivity index (χ3n) is 3.40. The lowest BCUT2D eigenvalue weighted by molar-refractivity contribution is -0.102. The topological polar surface area (TPSA) is 68.3 Å². The molecule has 2 aliphatic heterocycles. The van der Waals surface area contributed by atoms with Crippen molar-refractivity contribution >= 4 is 12.2 Å². The average molecular weight is 286 g/mol. The molecule has 2 heterocycles. The predicted molar refractivity (Wildman–Crippen MR) is 70.2 cm³/mol. The van der Waals surface area contributed by atoms with Gasteiger partial charge in [0.15, 0.2) is 5.72 Å². The maximum atomic E-state index is 12.3. The highest BCUT2D eigenvalue weighted by atomic mass is 16.6. The molecule has 0 N–H and O–H groups in total. The molecule has 7 nitrogen and oxygen atoms in total. The molecule has 0 aromatic heterocycles. The van der Waals surface area contributed by atoms with Crippen LogP contribution in [0, 0.1) is 0 Å². The number of nitrogens with zero attached hydrogens (tertiary/aromatic N) is 2. The van der Waals surface area contributed by atoms with Crippen LogP contribution in [0.4, 0.5) is 9.59 Å². The molecule has 2 fully saturated rings. The van der Waals surface area contributed by atoms with Gasteiger partial charge in [0.1, 0.15) is 5.60 Å². The van der Waals surface area contributed by atoms with E-state index in [4.69, 9.17) is 14.2 Å². The molecule has 20 heavy (non-hydrogen) atoms. The van der Waals surface area contributed by atoms with Gasteiger partial charge in [-0.15, -0.1) is 0 Å². The molecule has 0 radical (unpaired) electrons. The van der Waals surface area contributed by atoms with Gasteiger partial charge in [0, 0.05) is 6.54 Å². The monoisotopic (exact) mass is 286 g/mol. The molecule has 2 saturated heterocycles. The van der Waals surface area contributed by atoms with Crippen LogP contribution in [0.2, 0.25) is 0 Å². The maximum absolute atomic E-state index is 12.3. The fourth-order valence-corrected chi connectivity index (χ4v) is 2.66. The van der Waals surface area contributed by atoms with Crippen LogP contribution in [-0.4, -0.2) is 66.2 Å². The highest BCUT2D eigenvalue weighted by Gasteiger charge is 2.54. The summed E-state index contributed by atoms with van der Waals surface area (Å²) in [5, 5.41) is 0. The van der Waals surface area contributed by atoms with Crippen LogP contribution in [-0.2, 0) is 14.2 Å². The number of hydrogen-bond acceptors (Lipinski definition) is 5. The Hall–Kier alpha value is -1.50. The Morgan fingerprint density at radius 3 is 2.45 bits per heavy atom. The van der Waals surface area contributed by atoms with Crippen LogP contribution in [0.5, 0.6) is 0 Å². The fourth-order valence-electron chi connectivity index (χ4n) is 2.66. The lowest BCUT2D eigenvalue weighted by Gasteiger charge is -2.44. The second-order valence-electron chi connectivity index (χ2n) is 6.34. The lowest BCUT2D eigenvalue weighted by Crippen LogP contribution is -2.64. The van der Waals surface area contributed by atoms with Gasteiger partial charge in [0.25, 0.3) is 0 Å². The number of methoxy groups -OCH3 is 1. The van der Waals surface area contributed by atoms with Crippen molar-refractivity contribution in [1.82, 2.24) is 9.80 Å². The number of carbonyl (C=O) groups excluding carboxylic acids is 2. The molecule has 0 spiro atoms. The van der Waals surface area contributed by atoms with Crippen molar-refractivity contribution in [3.8, 4) is 0 Å². The van der Waals surface area contributed by atoms with Gasteiger partial charge in [-0.1, -0.05) is 0 Å². The Balaban J connectivity index is 2.14. The minimum absolute atomic E-state index is 0.206. The summed E-state index contributed by atoms with van der Waals surface area (Å²) in [5.74, 6) is 0. The summed E-state index contributed by atoms with van der Waals surface area (Å²) in [5.41, 5.74) is -1.42. The van der Waals surface area contributed by atoms with E-state index in [-0.39, 0.29) is 12.6 Å². The number of carbonyl (C=O) groups is 2. The summed E-state index contributed by atoms with van der Waals surface area (Å²) < 4.78 is 15.9. The second kappa shape index (κ2) is 4.80. The van der Waals surface area contributed by atoms with Crippen molar-refractivity contribution in [3.05, 3.63) is 0 Å². The number of hydrogen-bond donors (Lipinski definition) is 0. The van der Waals surface area contributed by atoms with E-state index < -0.39 is 23.5 Å². The van der Waals surface area contributed by atoms with Crippen molar-refractivity contribution in [3.63, 3.8) is 0 Å². The summed E-state index contributed by atoms with van der Waals surface area (Å²) in [6.45, 7) is 8.30. The first-order valence-electron chi connectivity index (χ1n) is 6.65. The van der Waals surface area contributed by atoms with Gasteiger partial charge in [-0.3, -0.25) is 4.90 Å². The summed E-state index contributed by atoms with van der Waals surface area (Å²) in [6, 6.07) is -0.206. The molecule has 0 saturated carbocycles. The summed E-state index contributed by atoms with van der Waals surface area (Å²) in [4.78, 5) is 27.1. The van der Waals surface area contributed by atoms with Gasteiger partial charge in [-0.2, -0.15) is 0 Å². The van der Waals surface area contributed by atoms with Crippen LogP contribution in [0.25, 0.3) is 0 Å². The van der Waals surface area contributed by atoms with Crippen LogP contribution in [0.15, 0.2) is 0 Å². The normalized spacial score (nSPS) is 29.4. The highest BCUT2D eigenvalue weighted by Crippen LogP contribution is 2.35. The Morgan fingerprint density at radius 1 is 1.30 bits per heavy atom. The van der Waals surface area contributed by atoms with Crippen LogP contribution in [0.1, 0.15) is 27.7 Å². The minimum atomic E-state index is -0.862. The van der Waals surface area contributed by atoms with Crippen LogP contribution in [0.3, 0.4) is 0 Å². The SMILES string of the molecule is COC(=O)N1C[C@@H]2CO[C@@](C)(C1)N2C(=O)OC(C)(C)C. The van der Waals surface area contributed by atoms with Crippen molar-refractivity contribution in [2.24, 2.45) is 0 Å². The quantitative estimate of drug-likeness (QED) is 0.673. The van der Waals surface area contributed by atoms with E-state index in [1.165, 1.54) is 7.11 Å². The fraction of sp³-hybridized carbons (Fsp3) is 0.846. The van der Waals surface area contributed by atoms with E-state index >= 15 is 0 Å². The van der Waals surface area contributed by atoms with Gasteiger partial charge < -0.3 is 19.1 Å². The lowest BCUT2D eigenvalue weighted by atomic mass is 10.1. The Bertz CT molecular complexity index is 419. The van der Waals surface area contributed by atoms with Gasteiger partial charge in [0.05, 0.1) is 26.3 Å². The molecule has 2 aliphatic rings. The highest BCUT2D eigenvalue weighted by molar-refractivity contribution is 5.72. The van der Waals surface area contributed by atoms with E-state index in [2.05, 4.69) is 0 Å². The number of ether oxygens (including phenoxy) is 3. The van der Waals surface area contributed by atoms with Crippen molar-refractivity contribution in [2.45, 2.75) is 45.1 Å². The molecule has 114 valence electrons. The molecule has 0 aromatic rings. The molecule has 0 aliphatic carbocycles. The second-order valence-corrected chi connectivity index (χ2v) is 6.34. The standard InChI is InChI=1S/C13H22N2O5/c1-12(2,3)20-11(17)15-9-6-14(10(16)18-5)8-13(15,4)19-7-9/h9H,6-8H2,1-5H3/t9-,13+/m1/s1. The molecule has 0 aromatic carbocycles. The Morgan fingerprint density at radius 2 is 1.95 bits per heavy atom. The van der Waals surface area contributed by atoms with Crippen molar-refractivity contribution < 1.29 is 23.8 Å². The van der Waals surface area contributed by atoms with Crippen LogP contribution >= 0.6 is 0 Å². The average Bonchev–Trinajstić information content (AvgIpc) is 2.52. The van der Waals surface area contributed by atoms with Crippen molar-refractivity contribution in [1.29, 1.82) is 0 Å². The minimum Gasteiger partial charge on any atom is -0.453 e. The molecule has 2 amide bonds. The molecule has 2 atom stereocenters. The maximum Gasteiger partial charge on any atom is 0.413 e. The van der Waals surface area contributed by atoms with E-state index in [1.807, 2.05) is 20.8 Å². The first-order chi connectivity index (χ1) is 9.16. The van der Waals surface area contributed by atoms with Crippen molar-refractivity contribution in [2.75, 3.05) is 26.8 Å². The van der Waals surface area contributed by atoms with E-state index in [9.17, 15) is 9.59 Å². The molecule has 7 heteroatoms. The number of amides is 2. The first-order valence-corrected chi connectivity index (χ1v) is 6.65. The molecule has 0 unspecified atom stereocenters. The molecular formula is C13H22N2O5. The van der Waals surface area contributed by atoms with Crippen LogP contribution < -0.4 is 0 Å². The Kier molecular flexibility index (Phi) is 3.58. The van der Waals surface area contributed by atoms with Gasteiger partial charge in [-0.05, 0) is 27.7 Å². The van der Waals surface area contributed by atoms with E-state index in [1.54, 1.807) is 16.7 Å². The third-order valence-corrected chi connectivity index (χ3v) is 3.40. The zero-order valence-electron chi connectivity index (χ0n) is 12.6. The number of rotatable bonds is 0. The third kappa shape index (κ3) is 2.67. The largest absolute Gasteiger partial charge is 0.453 e. The summed E-state index contributed by atoms with van der Waals surface area (Å²) in [7, 11) is 1.34. The summed E-state index contributed by atoms with van der Waals surface area (Å²) >= 11 is 0. The Labute approximate surface area is 118 Å². The summed E-state index contributed by atoms with van der Waals surface area (Å²) in [6.07, 6.45) is -0.817. The molecular weight excluding hydrogens is 264 g/mol. The number of piperazine rings is 1. The van der Waals surface area contributed by atoms with Gasteiger partial charge in [-0.25, -0.2) is 9.59 Å². The zero-order valence-corrected chi connectivity index (χ0v) is 12.6. The molecule has 2 rings (SSSR count). The number of fused-ring (bicyclic) bond motifs is 2. The van der Waals surface area contributed by atoms with Gasteiger partial charge >= 0.3 is 12.2 Å². The molecule has 2 bridgehead atoms. The first kappa shape index (κ1) is 14.9.